The largest absolute Gasteiger partial charge is 0.374 e. The van der Waals surface area contributed by atoms with Gasteiger partial charge in [-0.1, -0.05) is 13.8 Å². The molecule has 4 heteroatoms. The molecule has 2 N–H and O–H groups in total. The Morgan fingerprint density at radius 3 is 2.50 bits per heavy atom. The summed E-state index contributed by atoms with van der Waals surface area (Å²) < 4.78 is 13.2. The minimum absolute atomic E-state index is 0.0781. The van der Waals surface area contributed by atoms with Gasteiger partial charge in [0.1, 0.15) is 11.9 Å². The Balaban J connectivity index is 2.58. The average Bonchev–Trinajstić information content (AvgIpc) is 2.24. The lowest BCUT2D eigenvalue weighted by atomic mass is 10.2. The molecule has 1 aromatic rings. The molecule has 0 aliphatic carbocycles. The van der Waals surface area contributed by atoms with Gasteiger partial charge in [0.25, 0.3) is 0 Å². The first kappa shape index (κ1) is 14.5. The molecule has 1 aromatic carbocycles. The van der Waals surface area contributed by atoms with Gasteiger partial charge in [-0.2, -0.15) is 0 Å². The lowest BCUT2D eigenvalue weighted by Crippen LogP contribution is -2.39. The maximum Gasteiger partial charge on any atom is 0.242 e. The number of aryl methyl sites for hydroxylation is 1. The smallest absolute Gasteiger partial charge is 0.242 e. The zero-order valence-corrected chi connectivity index (χ0v) is 11.4. The molecule has 0 spiro atoms. The standard InChI is InChI=1S/C14H21FN2O/c1-9(2)8-16-14(18)11(4)17-13-6-10(3)5-12(15)7-13/h5-7,9,11,17H,8H2,1-4H3,(H,16,18). The normalized spacial score (nSPS) is 12.3. The Kier molecular flexibility index (Phi) is 5.13. The van der Waals surface area contributed by atoms with Crippen LogP contribution in [0.2, 0.25) is 0 Å². The fraction of sp³-hybridized carbons (Fsp3) is 0.500. The number of halogens is 1. The summed E-state index contributed by atoms with van der Waals surface area (Å²) in [5.41, 5.74) is 1.45. The molecule has 0 fully saturated rings. The summed E-state index contributed by atoms with van der Waals surface area (Å²) in [6, 6.07) is 4.27. The van der Waals surface area contributed by atoms with Crippen molar-refractivity contribution in [2.45, 2.75) is 33.7 Å². The third-order valence-electron chi connectivity index (χ3n) is 2.50. The maximum atomic E-state index is 13.2. The van der Waals surface area contributed by atoms with Crippen molar-refractivity contribution in [3.63, 3.8) is 0 Å². The van der Waals surface area contributed by atoms with Crippen molar-refractivity contribution in [3.05, 3.63) is 29.6 Å². The molecule has 0 aromatic heterocycles. The third kappa shape index (κ3) is 4.73. The number of hydrogen-bond donors (Lipinski definition) is 2. The third-order valence-corrected chi connectivity index (χ3v) is 2.50. The second-order valence-electron chi connectivity index (χ2n) is 5.02. The van der Waals surface area contributed by atoms with E-state index < -0.39 is 0 Å². The number of carbonyl (C=O) groups is 1. The molecule has 0 aliphatic rings. The van der Waals surface area contributed by atoms with Gasteiger partial charge < -0.3 is 10.6 Å². The zero-order valence-electron chi connectivity index (χ0n) is 11.4. The van der Waals surface area contributed by atoms with Gasteiger partial charge in [-0.25, -0.2) is 4.39 Å². The van der Waals surface area contributed by atoms with Gasteiger partial charge in [0.15, 0.2) is 0 Å². The quantitative estimate of drug-likeness (QED) is 0.846. The Bertz CT molecular complexity index is 398. The lowest BCUT2D eigenvalue weighted by molar-refractivity contribution is -0.121. The van der Waals surface area contributed by atoms with E-state index in [-0.39, 0.29) is 17.8 Å². The predicted octanol–water partition coefficient (Wildman–Crippen LogP) is 2.71. The molecular weight excluding hydrogens is 231 g/mol. The van der Waals surface area contributed by atoms with Crippen LogP contribution in [0.25, 0.3) is 0 Å². The Morgan fingerprint density at radius 2 is 1.94 bits per heavy atom. The first-order valence-corrected chi connectivity index (χ1v) is 6.20. The SMILES string of the molecule is Cc1cc(F)cc(NC(C)C(=O)NCC(C)C)c1. The van der Waals surface area contributed by atoms with Gasteiger partial charge in [-0.15, -0.1) is 0 Å². The summed E-state index contributed by atoms with van der Waals surface area (Å²) in [4.78, 5) is 11.8. The van der Waals surface area contributed by atoms with Crippen molar-refractivity contribution < 1.29 is 9.18 Å². The topological polar surface area (TPSA) is 41.1 Å². The highest BCUT2D eigenvalue weighted by molar-refractivity contribution is 5.84. The van der Waals surface area contributed by atoms with Crippen LogP contribution in [0, 0.1) is 18.7 Å². The summed E-state index contributed by atoms with van der Waals surface area (Å²) in [5, 5.41) is 5.83. The van der Waals surface area contributed by atoms with Crippen LogP contribution in [-0.2, 0) is 4.79 Å². The number of hydrogen-bond acceptors (Lipinski definition) is 2. The lowest BCUT2D eigenvalue weighted by Gasteiger charge is -2.16. The van der Waals surface area contributed by atoms with Crippen LogP contribution >= 0.6 is 0 Å². The number of carbonyl (C=O) groups excluding carboxylic acids is 1. The summed E-state index contributed by atoms with van der Waals surface area (Å²) in [7, 11) is 0. The zero-order chi connectivity index (χ0) is 13.7. The van der Waals surface area contributed by atoms with E-state index in [0.29, 0.717) is 18.2 Å². The van der Waals surface area contributed by atoms with Crippen molar-refractivity contribution in [1.82, 2.24) is 5.32 Å². The van der Waals surface area contributed by atoms with Crippen molar-refractivity contribution in [1.29, 1.82) is 0 Å². The summed E-state index contributed by atoms with van der Waals surface area (Å²) in [6.45, 7) is 8.29. The molecule has 1 atom stereocenters. The van der Waals surface area contributed by atoms with E-state index in [2.05, 4.69) is 10.6 Å². The summed E-state index contributed by atoms with van der Waals surface area (Å²) in [6.07, 6.45) is 0. The highest BCUT2D eigenvalue weighted by Gasteiger charge is 2.12. The Labute approximate surface area is 108 Å². The summed E-state index contributed by atoms with van der Waals surface area (Å²) >= 11 is 0. The Hall–Kier alpha value is -1.58. The van der Waals surface area contributed by atoms with Crippen LogP contribution < -0.4 is 10.6 Å². The molecule has 3 nitrogen and oxygen atoms in total. The van der Waals surface area contributed by atoms with Gasteiger partial charge in [-0.05, 0) is 43.5 Å². The maximum absolute atomic E-state index is 13.2. The van der Waals surface area contributed by atoms with E-state index in [9.17, 15) is 9.18 Å². The fourth-order valence-electron chi connectivity index (χ4n) is 1.59. The van der Waals surface area contributed by atoms with E-state index in [0.717, 1.165) is 5.56 Å². The van der Waals surface area contributed by atoms with Crippen molar-refractivity contribution in [2.24, 2.45) is 5.92 Å². The summed E-state index contributed by atoms with van der Waals surface area (Å²) in [5.74, 6) is 0.0375. The molecule has 0 saturated carbocycles. The Morgan fingerprint density at radius 1 is 1.28 bits per heavy atom. The molecule has 0 aliphatic heterocycles. The molecule has 18 heavy (non-hydrogen) atoms. The highest BCUT2D eigenvalue weighted by atomic mass is 19.1. The molecular formula is C14H21FN2O. The molecule has 0 saturated heterocycles. The number of anilines is 1. The number of amides is 1. The molecule has 100 valence electrons. The molecule has 1 unspecified atom stereocenters. The monoisotopic (exact) mass is 252 g/mol. The second kappa shape index (κ2) is 6.38. The molecule has 0 bridgehead atoms. The van der Waals surface area contributed by atoms with E-state index in [1.807, 2.05) is 26.8 Å². The molecule has 1 amide bonds. The molecule has 1 rings (SSSR count). The van der Waals surface area contributed by atoms with Gasteiger partial charge in [-0.3, -0.25) is 4.79 Å². The second-order valence-corrected chi connectivity index (χ2v) is 5.02. The van der Waals surface area contributed by atoms with Crippen molar-refractivity contribution in [3.8, 4) is 0 Å². The van der Waals surface area contributed by atoms with Crippen LogP contribution in [0.5, 0.6) is 0 Å². The van der Waals surface area contributed by atoms with Crippen molar-refractivity contribution >= 4 is 11.6 Å². The van der Waals surface area contributed by atoms with Gasteiger partial charge in [0.05, 0.1) is 0 Å². The number of nitrogens with one attached hydrogen (secondary N) is 2. The number of rotatable bonds is 5. The first-order valence-electron chi connectivity index (χ1n) is 6.20. The number of benzene rings is 1. The molecule has 0 radical (unpaired) electrons. The van der Waals surface area contributed by atoms with E-state index in [1.54, 1.807) is 6.92 Å². The van der Waals surface area contributed by atoms with Gasteiger partial charge in [0.2, 0.25) is 5.91 Å². The van der Waals surface area contributed by atoms with E-state index >= 15 is 0 Å². The fourth-order valence-corrected chi connectivity index (χ4v) is 1.59. The molecule has 0 heterocycles. The minimum atomic E-state index is -0.384. The van der Waals surface area contributed by atoms with Crippen molar-refractivity contribution in [2.75, 3.05) is 11.9 Å². The van der Waals surface area contributed by atoms with E-state index in [1.165, 1.54) is 12.1 Å². The van der Waals surface area contributed by atoms with Gasteiger partial charge >= 0.3 is 0 Å². The minimum Gasteiger partial charge on any atom is -0.374 e. The average molecular weight is 252 g/mol. The first-order chi connectivity index (χ1) is 8.38. The van der Waals surface area contributed by atoms with Gasteiger partial charge in [0, 0.05) is 12.2 Å². The van der Waals surface area contributed by atoms with Crippen LogP contribution in [0.3, 0.4) is 0 Å². The van der Waals surface area contributed by atoms with Crippen LogP contribution in [0.15, 0.2) is 18.2 Å². The van der Waals surface area contributed by atoms with E-state index in [4.69, 9.17) is 0 Å². The van der Waals surface area contributed by atoms with Crippen LogP contribution in [-0.4, -0.2) is 18.5 Å². The van der Waals surface area contributed by atoms with Crippen LogP contribution in [0.4, 0.5) is 10.1 Å². The van der Waals surface area contributed by atoms with Crippen LogP contribution in [0.1, 0.15) is 26.3 Å². The predicted molar refractivity (Wildman–Crippen MR) is 72.1 cm³/mol. The highest BCUT2D eigenvalue weighted by Crippen LogP contribution is 2.14.